The summed E-state index contributed by atoms with van der Waals surface area (Å²) in [5, 5.41) is 9.00. The van der Waals surface area contributed by atoms with Gasteiger partial charge in [0, 0.05) is 49.2 Å². The van der Waals surface area contributed by atoms with Crippen molar-refractivity contribution in [2.45, 2.75) is 4.90 Å². The molecule has 0 radical (unpaired) electrons. The molecule has 2 aromatic heterocycles. The summed E-state index contributed by atoms with van der Waals surface area (Å²) in [6.45, 7) is 1.84. The molecular formula is C19H18ClN5O2S. The maximum atomic E-state index is 12.8. The van der Waals surface area contributed by atoms with E-state index in [0.717, 1.165) is 17.1 Å². The first-order chi connectivity index (χ1) is 13.5. The highest BCUT2D eigenvalue weighted by Crippen LogP contribution is 2.23. The van der Waals surface area contributed by atoms with Crippen LogP contribution in [-0.2, 0) is 10.0 Å². The molecule has 0 bridgehead atoms. The summed E-state index contributed by atoms with van der Waals surface area (Å²) in [5.41, 5.74) is 1.72. The lowest BCUT2D eigenvalue weighted by molar-refractivity contribution is 0.383. The first-order valence-electron chi connectivity index (χ1n) is 8.79. The summed E-state index contributed by atoms with van der Waals surface area (Å²) in [6.07, 6.45) is 3.43. The highest BCUT2D eigenvalue weighted by molar-refractivity contribution is 7.89. The van der Waals surface area contributed by atoms with Gasteiger partial charge in [-0.15, -0.1) is 10.2 Å². The number of sulfonamides is 1. The summed E-state index contributed by atoms with van der Waals surface area (Å²) < 4.78 is 27.1. The summed E-state index contributed by atoms with van der Waals surface area (Å²) in [6, 6.07) is 13.9. The Morgan fingerprint density at radius 1 is 0.893 bits per heavy atom. The normalized spacial score (nSPS) is 15.5. The number of piperazine rings is 1. The molecule has 1 aromatic carbocycles. The molecule has 4 rings (SSSR count). The van der Waals surface area contributed by atoms with Crippen molar-refractivity contribution in [1.82, 2.24) is 19.5 Å². The molecule has 0 amide bonds. The van der Waals surface area contributed by atoms with Crippen molar-refractivity contribution in [3.05, 3.63) is 65.9 Å². The standard InChI is InChI=1S/C19H18ClN5O2S/c20-16-2-1-3-17(14-16)28(26,27)25-12-10-24(11-13-25)19-5-4-18(22-23-19)15-6-8-21-9-7-15/h1-9,14H,10-13H2. The number of halogens is 1. The first kappa shape index (κ1) is 18.8. The molecule has 3 heterocycles. The number of aromatic nitrogens is 3. The molecule has 0 spiro atoms. The molecule has 1 saturated heterocycles. The molecule has 1 aliphatic rings. The van der Waals surface area contributed by atoms with Crippen molar-refractivity contribution < 1.29 is 8.42 Å². The Bertz CT molecular complexity index is 1050. The Morgan fingerprint density at radius 3 is 2.29 bits per heavy atom. The van der Waals surface area contributed by atoms with Crippen LogP contribution in [0, 0.1) is 0 Å². The smallest absolute Gasteiger partial charge is 0.243 e. The maximum absolute atomic E-state index is 12.8. The first-order valence-corrected chi connectivity index (χ1v) is 10.6. The third-order valence-corrected chi connectivity index (χ3v) is 6.75. The Kier molecular flexibility index (Phi) is 5.25. The molecule has 0 atom stereocenters. The second kappa shape index (κ2) is 7.83. The van der Waals surface area contributed by atoms with Crippen molar-refractivity contribution in [1.29, 1.82) is 0 Å². The molecule has 1 fully saturated rings. The van der Waals surface area contributed by atoms with E-state index in [-0.39, 0.29) is 4.90 Å². The predicted molar refractivity (Wildman–Crippen MR) is 108 cm³/mol. The predicted octanol–water partition coefficient (Wildman–Crippen LogP) is 2.70. The van der Waals surface area contributed by atoms with E-state index in [9.17, 15) is 8.42 Å². The zero-order chi connectivity index (χ0) is 19.6. The minimum atomic E-state index is -3.55. The van der Waals surface area contributed by atoms with Gasteiger partial charge < -0.3 is 4.90 Å². The average Bonchev–Trinajstić information content (AvgIpc) is 2.75. The van der Waals surface area contributed by atoms with Crippen LogP contribution in [-0.4, -0.2) is 54.1 Å². The average molecular weight is 416 g/mol. The second-order valence-corrected chi connectivity index (χ2v) is 8.74. The van der Waals surface area contributed by atoms with Gasteiger partial charge in [0.1, 0.15) is 0 Å². The van der Waals surface area contributed by atoms with Gasteiger partial charge in [0.25, 0.3) is 0 Å². The number of benzene rings is 1. The van der Waals surface area contributed by atoms with E-state index in [2.05, 4.69) is 15.2 Å². The summed E-state index contributed by atoms with van der Waals surface area (Å²) in [4.78, 5) is 6.25. The van der Waals surface area contributed by atoms with Gasteiger partial charge in [0.15, 0.2) is 5.82 Å². The molecule has 0 saturated carbocycles. The molecule has 3 aromatic rings. The molecule has 0 aliphatic carbocycles. The summed E-state index contributed by atoms with van der Waals surface area (Å²) in [7, 11) is -3.55. The summed E-state index contributed by atoms with van der Waals surface area (Å²) in [5.74, 6) is 0.734. The fourth-order valence-corrected chi connectivity index (χ4v) is 4.83. The van der Waals surface area contributed by atoms with Crippen LogP contribution in [0.3, 0.4) is 0 Å². The number of rotatable bonds is 4. The van der Waals surface area contributed by atoms with Crippen LogP contribution in [0.2, 0.25) is 5.02 Å². The third-order valence-electron chi connectivity index (χ3n) is 4.62. The number of anilines is 1. The SMILES string of the molecule is O=S(=O)(c1cccc(Cl)c1)N1CCN(c2ccc(-c3ccncc3)nn2)CC1. The summed E-state index contributed by atoms with van der Waals surface area (Å²) >= 11 is 5.94. The zero-order valence-electron chi connectivity index (χ0n) is 14.9. The quantitative estimate of drug-likeness (QED) is 0.651. The van der Waals surface area contributed by atoms with Crippen molar-refractivity contribution in [2.24, 2.45) is 0 Å². The van der Waals surface area contributed by atoms with Gasteiger partial charge in [-0.05, 0) is 42.5 Å². The molecule has 1 aliphatic heterocycles. The minimum absolute atomic E-state index is 0.218. The van der Waals surface area contributed by atoms with Gasteiger partial charge in [-0.1, -0.05) is 17.7 Å². The van der Waals surface area contributed by atoms with Gasteiger partial charge >= 0.3 is 0 Å². The molecule has 0 N–H and O–H groups in total. The molecule has 9 heteroatoms. The maximum Gasteiger partial charge on any atom is 0.243 e. The van der Waals surface area contributed by atoms with E-state index in [1.807, 2.05) is 29.2 Å². The van der Waals surface area contributed by atoms with Crippen LogP contribution >= 0.6 is 11.6 Å². The van der Waals surface area contributed by atoms with Crippen LogP contribution < -0.4 is 4.90 Å². The van der Waals surface area contributed by atoms with E-state index in [1.54, 1.807) is 30.6 Å². The fraction of sp³-hybridized carbons (Fsp3) is 0.211. The topological polar surface area (TPSA) is 79.3 Å². The van der Waals surface area contributed by atoms with E-state index in [4.69, 9.17) is 11.6 Å². The van der Waals surface area contributed by atoms with Crippen molar-refractivity contribution in [3.63, 3.8) is 0 Å². The van der Waals surface area contributed by atoms with Crippen LogP contribution in [0.25, 0.3) is 11.3 Å². The Morgan fingerprint density at radius 2 is 1.64 bits per heavy atom. The van der Waals surface area contributed by atoms with E-state index in [1.165, 1.54) is 10.4 Å². The van der Waals surface area contributed by atoms with Crippen molar-refractivity contribution in [2.75, 3.05) is 31.1 Å². The van der Waals surface area contributed by atoms with Gasteiger partial charge in [-0.3, -0.25) is 4.98 Å². The lowest BCUT2D eigenvalue weighted by atomic mass is 10.2. The lowest BCUT2D eigenvalue weighted by Crippen LogP contribution is -2.49. The van der Waals surface area contributed by atoms with Crippen LogP contribution in [0.15, 0.2) is 65.8 Å². The van der Waals surface area contributed by atoms with E-state index >= 15 is 0 Å². The van der Waals surface area contributed by atoms with Crippen LogP contribution in [0.5, 0.6) is 0 Å². The van der Waals surface area contributed by atoms with Gasteiger partial charge in [0.2, 0.25) is 10.0 Å². The fourth-order valence-electron chi connectivity index (χ4n) is 3.10. The van der Waals surface area contributed by atoms with Crippen LogP contribution in [0.1, 0.15) is 0 Å². The second-order valence-electron chi connectivity index (χ2n) is 6.36. The molecule has 28 heavy (non-hydrogen) atoms. The lowest BCUT2D eigenvalue weighted by Gasteiger charge is -2.34. The molecule has 0 unspecified atom stereocenters. The van der Waals surface area contributed by atoms with Crippen LogP contribution in [0.4, 0.5) is 5.82 Å². The number of hydrogen-bond donors (Lipinski definition) is 0. The van der Waals surface area contributed by atoms with Crippen molar-refractivity contribution in [3.8, 4) is 11.3 Å². The Hall–Kier alpha value is -2.55. The highest BCUT2D eigenvalue weighted by atomic mass is 35.5. The highest BCUT2D eigenvalue weighted by Gasteiger charge is 2.29. The monoisotopic (exact) mass is 415 g/mol. The van der Waals surface area contributed by atoms with E-state index in [0.29, 0.717) is 31.2 Å². The number of nitrogens with zero attached hydrogens (tertiary/aromatic N) is 5. The minimum Gasteiger partial charge on any atom is -0.352 e. The molecular weight excluding hydrogens is 398 g/mol. The third kappa shape index (κ3) is 3.84. The van der Waals surface area contributed by atoms with Gasteiger partial charge in [0.05, 0.1) is 10.6 Å². The molecule has 7 nitrogen and oxygen atoms in total. The number of hydrogen-bond acceptors (Lipinski definition) is 6. The Balaban J connectivity index is 1.44. The van der Waals surface area contributed by atoms with Crippen molar-refractivity contribution >= 4 is 27.4 Å². The molecule has 144 valence electrons. The van der Waals surface area contributed by atoms with Gasteiger partial charge in [-0.2, -0.15) is 4.31 Å². The van der Waals surface area contributed by atoms with E-state index < -0.39 is 10.0 Å². The zero-order valence-corrected chi connectivity index (χ0v) is 16.5. The largest absolute Gasteiger partial charge is 0.352 e. The Labute approximate surface area is 168 Å². The van der Waals surface area contributed by atoms with Gasteiger partial charge in [-0.25, -0.2) is 8.42 Å². The number of pyridine rings is 1.